The van der Waals surface area contributed by atoms with Crippen molar-refractivity contribution >= 4 is 33.1 Å². The first-order valence-electron chi connectivity index (χ1n) is 4.99. The SMILES string of the molecule is Clc1cc(C2=CC3NCC3C2)cnc1Br. The summed E-state index contributed by atoms with van der Waals surface area (Å²) in [6, 6.07) is 2.57. The lowest BCUT2D eigenvalue weighted by Gasteiger charge is -2.31. The second-order valence-corrected chi connectivity index (χ2v) is 5.25. The van der Waals surface area contributed by atoms with Gasteiger partial charge in [-0.2, -0.15) is 0 Å². The van der Waals surface area contributed by atoms with Crippen LogP contribution in [0.25, 0.3) is 5.57 Å². The van der Waals surface area contributed by atoms with Crippen molar-refractivity contribution in [1.29, 1.82) is 0 Å². The predicted molar refractivity (Wildman–Crippen MR) is 64.8 cm³/mol. The number of fused-ring (bicyclic) bond motifs is 1. The van der Waals surface area contributed by atoms with Crippen LogP contribution in [0.15, 0.2) is 22.9 Å². The highest BCUT2D eigenvalue weighted by molar-refractivity contribution is 9.10. The Balaban J connectivity index is 1.93. The quantitative estimate of drug-likeness (QED) is 0.803. The van der Waals surface area contributed by atoms with Crippen molar-refractivity contribution < 1.29 is 0 Å². The van der Waals surface area contributed by atoms with Gasteiger partial charge >= 0.3 is 0 Å². The van der Waals surface area contributed by atoms with Gasteiger partial charge in [0.15, 0.2) is 0 Å². The molecule has 2 heterocycles. The number of nitrogens with zero attached hydrogens (tertiary/aromatic N) is 1. The Hall–Kier alpha value is -0.380. The molecule has 3 rings (SSSR count). The normalized spacial score (nSPS) is 28.3. The molecule has 1 N–H and O–H groups in total. The molecule has 0 spiro atoms. The maximum atomic E-state index is 6.03. The van der Waals surface area contributed by atoms with E-state index >= 15 is 0 Å². The average Bonchev–Trinajstić information content (AvgIpc) is 2.48. The van der Waals surface area contributed by atoms with Crippen LogP contribution in [-0.4, -0.2) is 17.6 Å². The first-order chi connectivity index (χ1) is 7.24. The molecular formula is C11H10BrClN2. The van der Waals surface area contributed by atoms with Crippen molar-refractivity contribution in [2.45, 2.75) is 12.5 Å². The van der Waals surface area contributed by atoms with Gasteiger partial charge < -0.3 is 5.32 Å². The molecule has 0 amide bonds. The molecule has 78 valence electrons. The van der Waals surface area contributed by atoms with Gasteiger partial charge in [0.25, 0.3) is 0 Å². The topological polar surface area (TPSA) is 24.9 Å². The zero-order chi connectivity index (χ0) is 10.4. The molecule has 2 nitrogen and oxygen atoms in total. The molecule has 0 saturated carbocycles. The minimum atomic E-state index is 0.586. The molecule has 1 aromatic heterocycles. The molecule has 4 heteroatoms. The van der Waals surface area contributed by atoms with E-state index in [1.807, 2.05) is 12.3 Å². The van der Waals surface area contributed by atoms with E-state index < -0.39 is 0 Å². The van der Waals surface area contributed by atoms with E-state index in [0.29, 0.717) is 15.7 Å². The van der Waals surface area contributed by atoms with E-state index in [2.05, 4.69) is 32.3 Å². The second kappa shape index (κ2) is 3.58. The minimum Gasteiger partial charge on any atom is -0.310 e. The van der Waals surface area contributed by atoms with E-state index in [9.17, 15) is 0 Å². The Morgan fingerprint density at radius 2 is 2.40 bits per heavy atom. The monoisotopic (exact) mass is 284 g/mol. The standard InChI is InChI=1S/C11H10BrClN2/c12-11-9(13)2-7(4-15-11)6-1-8-5-14-10(8)3-6/h2-4,8,10,14H,1,5H2. The second-order valence-electron chi connectivity index (χ2n) is 4.09. The van der Waals surface area contributed by atoms with Crippen LogP contribution in [-0.2, 0) is 0 Å². The summed E-state index contributed by atoms with van der Waals surface area (Å²) < 4.78 is 0.715. The van der Waals surface area contributed by atoms with Crippen LogP contribution in [0.1, 0.15) is 12.0 Å². The van der Waals surface area contributed by atoms with Crippen LogP contribution in [0.2, 0.25) is 5.02 Å². The van der Waals surface area contributed by atoms with Crippen molar-refractivity contribution in [2.24, 2.45) is 5.92 Å². The summed E-state index contributed by atoms with van der Waals surface area (Å²) in [7, 11) is 0. The Morgan fingerprint density at radius 1 is 1.53 bits per heavy atom. The maximum absolute atomic E-state index is 6.03. The van der Waals surface area contributed by atoms with Gasteiger partial charge in [-0.1, -0.05) is 17.7 Å². The van der Waals surface area contributed by atoms with Crippen molar-refractivity contribution in [2.75, 3.05) is 6.54 Å². The van der Waals surface area contributed by atoms with Gasteiger partial charge in [-0.15, -0.1) is 0 Å². The zero-order valence-corrected chi connectivity index (χ0v) is 10.3. The molecule has 0 bridgehead atoms. The number of rotatable bonds is 1. The van der Waals surface area contributed by atoms with E-state index in [-0.39, 0.29) is 0 Å². The van der Waals surface area contributed by atoms with Crippen LogP contribution in [0.3, 0.4) is 0 Å². The number of aromatic nitrogens is 1. The van der Waals surface area contributed by atoms with Gasteiger partial charge in [0.05, 0.1) is 5.02 Å². The van der Waals surface area contributed by atoms with E-state index in [0.717, 1.165) is 24.4 Å². The van der Waals surface area contributed by atoms with Crippen LogP contribution in [0, 0.1) is 5.92 Å². The smallest absolute Gasteiger partial charge is 0.124 e. The third kappa shape index (κ3) is 1.63. The number of hydrogen-bond acceptors (Lipinski definition) is 2. The number of allylic oxidation sites excluding steroid dienone is 1. The Bertz CT molecular complexity index is 444. The predicted octanol–water partition coefficient (Wildman–Crippen LogP) is 2.87. The zero-order valence-electron chi connectivity index (χ0n) is 8.00. The van der Waals surface area contributed by atoms with E-state index in [1.54, 1.807) is 0 Å². The lowest BCUT2D eigenvalue weighted by molar-refractivity contribution is 0.301. The Labute approximate surface area is 102 Å². The Morgan fingerprint density at radius 3 is 2.93 bits per heavy atom. The highest BCUT2D eigenvalue weighted by atomic mass is 79.9. The number of pyridine rings is 1. The highest BCUT2D eigenvalue weighted by Crippen LogP contribution is 2.37. The summed E-state index contributed by atoms with van der Waals surface area (Å²) in [5, 5.41) is 4.08. The minimum absolute atomic E-state index is 0.586. The van der Waals surface area contributed by atoms with E-state index in [4.69, 9.17) is 11.6 Å². The molecule has 15 heavy (non-hydrogen) atoms. The van der Waals surface area contributed by atoms with E-state index in [1.165, 1.54) is 5.57 Å². The van der Waals surface area contributed by atoms with Gasteiger partial charge in [0.1, 0.15) is 4.60 Å². The third-order valence-electron chi connectivity index (χ3n) is 3.15. The fourth-order valence-electron chi connectivity index (χ4n) is 2.19. The molecule has 0 radical (unpaired) electrons. The Kier molecular flexibility index (Phi) is 2.34. The number of halogens is 2. The summed E-state index contributed by atoms with van der Waals surface area (Å²) in [5.41, 5.74) is 2.52. The summed E-state index contributed by atoms with van der Waals surface area (Å²) in [6.45, 7) is 1.14. The van der Waals surface area contributed by atoms with Crippen molar-refractivity contribution in [3.8, 4) is 0 Å². The summed E-state index contributed by atoms with van der Waals surface area (Å²) >= 11 is 9.33. The summed E-state index contributed by atoms with van der Waals surface area (Å²) in [5.74, 6) is 0.794. The van der Waals surface area contributed by atoms with Crippen LogP contribution < -0.4 is 5.32 Å². The summed E-state index contributed by atoms with van der Waals surface area (Å²) in [4.78, 5) is 4.22. The van der Waals surface area contributed by atoms with Gasteiger partial charge in [0, 0.05) is 18.8 Å². The van der Waals surface area contributed by atoms with Crippen LogP contribution >= 0.6 is 27.5 Å². The van der Waals surface area contributed by atoms with Crippen LogP contribution in [0.5, 0.6) is 0 Å². The summed E-state index contributed by atoms with van der Waals surface area (Å²) in [6.07, 6.45) is 5.33. The molecule has 2 unspecified atom stereocenters. The lowest BCUT2D eigenvalue weighted by atomic mass is 9.94. The van der Waals surface area contributed by atoms with Gasteiger partial charge in [-0.25, -0.2) is 4.98 Å². The first-order valence-corrected chi connectivity index (χ1v) is 6.16. The van der Waals surface area contributed by atoms with Crippen molar-refractivity contribution in [3.05, 3.63) is 33.5 Å². The van der Waals surface area contributed by atoms with Crippen molar-refractivity contribution in [1.82, 2.24) is 10.3 Å². The van der Waals surface area contributed by atoms with Gasteiger partial charge in [-0.3, -0.25) is 0 Å². The lowest BCUT2D eigenvalue weighted by Crippen LogP contribution is -2.49. The average molecular weight is 286 g/mol. The van der Waals surface area contributed by atoms with Crippen LogP contribution in [0.4, 0.5) is 0 Å². The molecule has 1 aromatic rings. The molecule has 1 aliphatic heterocycles. The number of hydrogen-bond donors (Lipinski definition) is 1. The number of nitrogens with one attached hydrogen (secondary N) is 1. The van der Waals surface area contributed by atoms with Gasteiger partial charge in [0.2, 0.25) is 0 Å². The first kappa shape index (κ1) is 9.82. The molecule has 0 aromatic carbocycles. The molecular weight excluding hydrogens is 275 g/mol. The largest absolute Gasteiger partial charge is 0.310 e. The molecule has 2 aliphatic rings. The fourth-order valence-corrected chi connectivity index (χ4v) is 2.58. The molecule has 1 saturated heterocycles. The molecule has 2 atom stereocenters. The van der Waals surface area contributed by atoms with Crippen molar-refractivity contribution in [3.63, 3.8) is 0 Å². The highest BCUT2D eigenvalue weighted by Gasteiger charge is 2.34. The molecule has 1 fully saturated rings. The van der Waals surface area contributed by atoms with Gasteiger partial charge in [-0.05, 0) is 45.5 Å². The fraction of sp³-hybridized carbons (Fsp3) is 0.364. The molecule has 1 aliphatic carbocycles. The maximum Gasteiger partial charge on any atom is 0.124 e. The third-order valence-corrected chi connectivity index (χ3v) is 4.30.